The number of amides is 1. The van der Waals surface area contributed by atoms with Gasteiger partial charge in [0.1, 0.15) is 5.75 Å². The SMILES string of the molecule is CN(C(=O)O)C1Cc2c(ccc3c2CCCC3)O1. The first kappa shape index (κ1) is 11.4. The fraction of sp³-hybridized carbons (Fsp3) is 0.500. The molecule has 1 N–H and O–H groups in total. The van der Waals surface area contributed by atoms with Gasteiger partial charge in [-0.05, 0) is 42.9 Å². The molecular weight excluding hydrogens is 230 g/mol. The lowest BCUT2D eigenvalue weighted by Crippen LogP contribution is -2.38. The van der Waals surface area contributed by atoms with E-state index < -0.39 is 6.09 Å². The van der Waals surface area contributed by atoms with Gasteiger partial charge >= 0.3 is 6.09 Å². The lowest BCUT2D eigenvalue weighted by Gasteiger charge is -2.20. The molecule has 0 aromatic heterocycles. The van der Waals surface area contributed by atoms with E-state index >= 15 is 0 Å². The standard InChI is InChI=1S/C14H17NO3/c1-15(14(16)17)13-8-11-10-5-3-2-4-9(10)6-7-12(11)18-13/h6-7,13H,2-5,8H2,1H3,(H,16,17). The molecule has 18 heavy (non-hydrogen) atoms. The number of ether oxygens (including phenoxy) is 1. The van der Waals surface area contributed by atoms with Gasteiger partial charge in [-0.3, -0.25) is 4.90 Å². The number of benzene rings is 1. The maximum Gasteiger partial charge on any atom is 0.409 e. The second-order valence-electron chi connectivity index (χ2n) is 5.06. The number of carbonyl (C=O) groups is 1. The molecule has 1 aliphatic carbocycles. The molecular formula is C14H17NO3. The zero-order valence-electron chi connectivity index (χ0n) is 10.5. The first-order valence-electron chi connectivity index (χ1n) is 6.43. The minimum absolute atomic E-state index is 0.370. The van der Waals surface area contributed by atoms with Gasteiger partial charge in [0.25, 0.3) is 0 Å². The number of nitrogens with zero attached hydrogens (tertiary/aromatic N) is 1. The molecule has 96 valence electrons. The highest BCUT2D eigenvalue weighted by Crippen LogP contribution is 2.37. The summed E-state index contributed by atoms with van der Waals surface area (Å²) in [4.78, 5) is 12.2. The van der Waals surface area contributed by atoms with Crippen LogP contribution in [0.15, 0.2) is 12.1 Å². The van der Waals surface area contributed by atoms with Crippen LogP contribution in [0.3, 0.4) is 0 Å². The Morgan fingerprint density at radius 3 is 2.89 bits per heavy atom. The average molecular weight is 247 g/mol. The Kier molecular flexibility index (Phi) is 2.65. The van der Waals surface area contributed by atoms with Crippen LogP contribution in [0, 0.1) is 0 Å². The third-order valence-corrected chi connectivity index (χ3v) is 3.98. The van der Waals surface area contributed by atoms with Crippen molar-refractivity contribution in [2.24, 2.45) is 0 Å². The highest BCUT2D eigenvalue weighted by atomic mass is 16.5. The summed E-state index contributed by atoms with van der Waals surface area (Å²) in [6.45, 7) is 0. The van der Waals surface area contributed by atoms with Crippen LogP contribution in [0.2, 0.25) is 0 Å². The molecule has 4 heteroatoms. The molecule has 1 aliphatic heterocycles. The van der Waals surface area contributed by atoms with Gasteiger partial charge in [-0.1, -0.05) is 6.07 Å². The molecule has 1 aromatic rings. The van der Waals surface area contributed by atoms with Crippen molar-refractivity contribution in [2.45, 2.75) is 38.3 Å². The predicted molar refractivity (Wildman–Crippen MR) is 67.0 cm³/mol. The Morgan fingerprint density at radius 2 is 2.11 bits per heavy atom. The van der Waals surface area contributed by atoms with E-state index in [0.29, 0.717) is 6.42 Å². The summed E-state index contributed by atoms with van der Waals surface area (Å²) < 4.78 is 5.74. The highest BCUT2D eigenvalue weighted by molar-refractivity contribution is 5.65. The van der Waals surface area contributed by atoms with Gasteiger partial charge < -0.3 is 9.84 Å². The summed E-state index contributed by atoms with van der Waals surface area (Å²) in [5, 5.41) is 9.01. The molecule has 0 spiro atoms. The number of hydrogen-bond donors (Lipinski definition) is 1. The maximum atomic E-state index is 11.0. The summed E-state index contributed by atoms with van der Waals surface area (Å²) >= 11 is 0. The molecule has 1 amide bonds. The van der Waals surface area contributed by atoms with Gasteiger partial charge in [0.05, 0.1) is 0 Å². The molecule has 0 fully saturated rings. The van der Waals surface area contributed by atoms with E-state index in [2.05, 4.69) is 6.07 Å². The first-order valence-corrected chi connectivity index (χ1v) is 6.43. The molecule has 1 heterocycles. The Balaban J connectivity index is 1.91. The van der Waals surface area contributed by atoms with Crippen LogP contribution in [0.5, 0.6) is 5.75 Å². The Bertz CT molecular complexity index is 498. The van der Waals surface area contributed by atoms with Crippen LogP contribution in [0.1, 0.15) is 29.5 Å². The molecule has 2 aliphatic rings. The van der Waals surface area contributed by atoms with Crippen molar-refractivity contribution < 1.29 is 14.6 Å². The van der Waals surface area contributed by atoms with E-state index in [1.54, 1.807) is 7.05 Å². The van der Waals surface area contributed by atoms with Gasteiger partial charge in [0, 0.05) is 19.0 Å². The van der Waals surface area contributed by atoms with Crippen LogP contribution in [-0.2, 0) is 19.3 Å². The largest absolute Gasteiger partial charge is 0.470 e. The Hall–Kier alpha value is -1.71. The smallest absolute Gasteiger partial charge is 0.409 e. The number of likely N-dealkylation sites (N-methyl/N-ethyl adjacent to an activating group) is 1. The van der Waals surface area contributed by atoms with E-state index in [9.17, 15) is 4.79 Å². The normalized spacial score (nSPS) is 20.8. The quantitative estimate of drug-likeness (QED) is 0.829. The average Bonchev–Trinajstić information content (AvgIpc) is 2.81. The van der Waals surface area contributed by atoms with Gasteiger partial charge in [-0.15, -0.1) is 0 Å². The second kappa shape index (κ2) is 4.19. The van der Waals surface area contributed by atoms with Crippen molar-refractivity contribution in [1.82, 2.24) is 4.90 Å². The minimum atomic E-state index is -0.943. The fourth-order valence-electron chi connectivity index (χ4n) is 2.92. The Morgan fingerprint density at radius 1 is 1.33 bits per heavy atom. The molecule has 0 saturated heterocycles. The van der Waals surface area contributed by atoms with Crippen LogP contribution in [0.4, 0.5) is 4.79 Å². The minimum Gasteiger partial charge on any atom is -0.470 e. The van der Waals surface area contributed by atoms with Crippen LogP contribution >= 0.6 is 0 Å². The van der Waals surface area contributed by atoms with Gasteiger partial charge in [0.2, 0.25) is 0 Å². The van der Waals surface area contributed by atoms with E-state index in [4.69, 9.17) is 9.84 Å². The zero-order valence-corrected chi connectivity index (χ0v) is 10.5. The summed E-state index contributed by atoms with van der Waals surface area (Å²) in [5.41, 5.74) is 4.05. The van der Waals surface area contributed by atoms with Crippen molar-refractivity contribution in [2.75, 3.05) is 7.05 Å². The third kappa shape index (κ3) is 1.72. The molecule has 0 radical (unpaired) electrons. The number of aryl methyl sites for hydroxylation is 1. The topological polar surface area (TPSA) is 49.8 Å². The number of fused-ring (bicyclic) bond motifs is 3. The van der Waals surface area contributed by atoms with E-state index in [1.165, 1.54) is 34.4 Å². The monoisotopic (exact) mass is 247 g/mol. The number of hydrogen-bond acceptors (Lipinski definition) is 2. The number of carboxylic acid groups (broad SMARTS) is 1. The lowest BCUT2D eigenvalue weighted by molar-refractivity contribution is 0.0607. The Labute approximate surface area is 106 Å². The third-order valence-electron chi connectivity index (χ3n) is 3.98. The van der Waals surface area contributed by atoms with Crippen molar-refractivity contribution in [3.05, 3.63) is 28.8 Å². The molecule has 0 saturated carbocycles. The molecule has 3 rings (SSSR count). The van der Waals surface area contributed by atoms with Gasteiger partial charge in [0.15, 0.2) is 6.23 Å². The molecule has 4 nitrogen and oxygen atoms in total. The second-order valence-corrected chi connectivity index (χ2v) is 5.06. The summed E-state index contributed by atoms with van der Waals surface area (Å²) in [6, 6.07) is 4.13. The van der Waals surface area contributed by atoms with Crippen molar-refractivity contribution >= 4 is 6.09 Å². The van der Waals surface area contributed by atoms with E-state index in [1.807, 2.05) is 6.07 Å². The summed E-state index contributed by atoms with van der Waals surface area (Å²) in [6.07, 6.45) is 4.09. The van der Waals surface area contributed by atoms with Gasteiger partial charge in [-0.25, -0.2) is 4.79 Å². The lowest BCUT2D eigenvalue weighted by atomic mass is 9.87. The van der Waals surface area contributed by atoms with Crippen LogP contribution < -0.4 is 4.74 Å². The zero-order chi connectivity index (χ0) is 12.7. The van der Waals surface area contributed by atoms with Crippen molar-refractivity contribution in [1.29, 1.82) is 0 Å². The highest BCUT2D eigenvalue weighted by Gasteiger charge is 2.31. The molecule has 1 atom stereocenters. The molecule has 1 aromatic carbocycles. The van der Waals surface area contributed by atoms with Crippen LogP contribution in [0.25, 0.3) is 0 Å². The van der Waals surface area contributed by atoms with Gasteiger partial charge in [-0.2, -0.15) is 0 Å². The summed E-state index contributed by atoms with van der Waals surface area (Å²) in [5.74, 6) is 0.869. The predicted octanol–water partition coefficient (Wildman–Crippen LogP) is 2.44. The maximum absolute atomic E-state index is 11.0. The molecule has 0 bridgehead atoms. The van der Waals surface area contributed by atoms with E-state index in [0.717, 1.165) is 18.6 Å². The van der Waals surface area contributed by atoms with E-state index in [-0.39, 0.29) is 6.23 Å². The van der Waals surface area contributed by atoms with Crippen LogP contribution in [-0.4, -0.2) is 29.4 Å². The summed E-state index contributed by atoms with van der Waals surface area (Å²) in [7, 11) is 1.56. The first-order chi connectivity index (χ1) is 8.66. The fourth-order valence-corrected chi connectivity index (χ4v) is 2.92. The number of rotatable bonds is 1. The molecule has 1 unspecified atom stereocenters. The van der Waals surface area contributed by atoms with Crippen molar-refractivity contribution in [3.63, 3.8) is 0 Å². The van der Waals surface area contributed by atoms with Crippen molar-refractivity contribution in [3.8, 4) is 5.75 Å².